The Hall–Kier alpha value is -1.51. The lowest BCUT2D eigenvalue weighted by Crippen LogP contribution is -2.48. The molecule has 1 saturated heterocycles. The average Bonchev–Trinajstić information content (AvgIpc) is 2.44. The predicted octanol–water partition coefficient (Wildman–Crippen LogP) is 3.80. The number of aryl methyl sites for hydroxylation is 1. The predicted molar refractivity (Wildman–Crippen MR) is 85.5 cm³/mol. The van der Waals surface area contributed by atoms with Crippen molar-refractivity contribution in [1.29, 1.82) is 0 Å². The Balaban J connectivity index is 2.07. The number of benzene rings is 1. The van der Waals surface area contributed by atoms with Crippen LogP contribution in [-0.4, -0.2) is 30.0 Å². The minimum atomic E-state index is -0.375. The summed E-state index contributed by atoms with van der Waals surface area (Å²) in [4.78, 5) is 14.7. The summed E-state index contributed by atoms with van der Waals surface area (Å²) in [5, 5.41) is 0. The summed E-state index contributed by atoms with van der Waals surface area (Å²) < 4.78 is 5.99. The Morgan fingerprint density at radius 2 is 2.10 bits per heavy atom. The fourth-order valence-corrected chi connectivity index (χ4v) is 2.97. The number of likely N-dealkylation sites (tertiary alicyclic amines) is 1. The number of amides is 1. The first-order valence-electron chi connectivity index (χ1n) is 7.94. The van der Waals surface area contributed by atoms with E-state index in [1.165, 1.54) is 6.42 Å². The first kappa shape index (κ1) is 15.9. The minimum absolute atomic E-state index is 0.133. The molecule has 1 aromatic rings. The molecule has 116 valence electrons. The Kier molecular flexibility index (Phi) is 4.92. The van der Waals surface area contributed by atoms with Crippen LogP contribution in [0.4, 0.5) is 0 Å². The van der Waals surface area contributed by atoms with Gasteiger partial charge in [0, 0.05) is 13.1 Å². The second-order valence-corrected chi connectivity index (χ2v) is 6.81. The fourth-order valence-electron chi connectivity index (χ4n) is 2.97. The molecule has 3 heteroatoms. The van der Waals surface area contributed by atoms with Crippen LogP contribution in [0.1, 0.15) is 45.6 Å². The number of nitrogens with zero attached hydrogens (tertiary/aromatic N) is 1. The maximum Gasteiger partial charge on any atom is 0.263 e. The second kappa shape index (κ2) is 6.50. The SMILES string of the molecule is CC[C@@H](Oc1ccccc1C)C(=O)N1CCCC(C)(C)C1. The highest BCUT2D eigenvalue weighted by Crippen LogP contribution is 2.29. The number of hydrogen-bond acceptors (Lipinski definition) is 2. The Labute approximate surface area is 128 Å². The monoisotopic (exact) mass is 289 g/mol. The van der Waals surface area contributed by atoms with Crippen molar-refractivity contribution >= 4 is 5.91 Å². The second-order valence-electron chi connectivity index (χ2n) is 6.81. The third kappa shape index (κ3) is 3.99. The summed E-state index contributed by atoms with van der Waals surface area (Å²) in [6, 6.07) is 7.88. The molecule has 1 heterocycles. The molecule has 1 aromatic carbocycles. The third-order valence-electron chi connectivity index (χ3n) is 4.22. The lowest BCUT2D eigenvalue weighted by Gasteiger charge is -2.39. The van der Waals surface area contributed by atoms with E-state index in [-0.39, 0.29) is 17.4 Å². The van der Waals surface area contributed by atoms with Crippen molar-refractivity contribution in [2.45, 2.75) is 53.1 Å². The molecule has 0 spiro atoms. The Bertz CT molecular complexity index is 496. The fraction of sp³-hybridized carbons (Fsp3) is 0.611. The van der Waals surface area contributed by atoms with E-state index in [2.05, 4.69) is 13.8 Å². The van der Waals surface area contributed by atoms with E-state index >= 15 is 0 Å². The molecule has 0 saturated carbocycles. The third-order valence-corrected chi connectivity index (χ3v) is 4.22. The number of ether oxygens (including phenoxy) is 1. The van der Waals surface area contributed by atoms with E-state index < -0.39 is 0 Å². The van der Waals surface area contributed by atoms with Gasteiger partial charge in [0.05, 0.1) is 0 Å². The number of hydrogen-bond donors (Lipinski definition) is 0. The molecule has 1 atom stereocenters. The molecule has 0 aliphatic carbocycles. The van der Waals surface area contributed by atoms with Crippen LogP contribution in [-0.2, 0) is 4.79 Å². The van der Waals surface area contributed by atoms with Gasteiger partial charge in [-0.05, 0) is 43.2 Å². The molecular formula is C18H27NO2. The zero-order chi connectivity index (χ0) is 15.5. The summed E-state index contributed by atoms with van der Waals surface area (Å²) >= 11 is 0. The van der Waals surface area contributed by atoms with Crippen molar-refractivity contribution in [2.75, 3.05) is 13.1 Å². The normalized spacial score (nSPS) is 19.1. The van der Waals surface area contributed by atoms with Gasteiger partial charge in [0.25, 0.3) is 5.91 Å². The molecular weight excluding hydrogens is 262 g/mol. The number of rotatable bonds is 4. The van der Waals surface area contributed by atoms with Gasteiger partial charge in [-0.25, -0.2) is 0 Å². The standard InChI is InChI=1S/C18H27NO2/c1-5-15(21-16-10-7-6-9-14(16)2)17(20)19-12-8-11-18(3,4)13-19/h6-7,9-10,15H,5,8,11-13H2,1-4H3/t15-/m1/s1. The Morgan fingerprint density at radius 1 is 1.38 bits per heavy atom. The van der Waals surface area contributed by atoms with Gasteiger partial charge in [-0.2, -0.15) is 0 Å². The van der Waals surface area contributed by atoms with Gasteiger partial charge in [0.1, 0.15) is 5.75 Å². The van der Waals surface area contributed by atoms with E-state index in [4.69, 9.17) is 4.74 Å². The molecule has 0 unspecified atom stereocenters. The molecule has 1 aliphatic rings. The van der Waals surface area contributed by atoms with Crippen LogP contribution >= 0.6 is 0 Å². The van der Waals surface area contributed by atoms with Gasteiger partial charge in [-0.1, -0.05) is 39.0 Å². The first-order valence-corrected chi connectivity index (χ1v) is 7.94. The maximum absolute atomic E-state index is 12.7. The van der Waals surface area contributed by atoms with Crippen molar-refractivity contribution in [3.05, 3.63) is 29.8 Å². The zero-order valence-corrected chi connectivity index (χ0v) is 13.7. The van der Waals surface area contributed by atoms with Gasteiger partial charge >= 0.3 is 0 Å². The molecule has 0 bridgehead atoms. The molecule has 0 radical (unpaired) electrons. The van der Waals surface area contributed by atoms with Crippen LogP contribution in [0.15, 0.2) is 24.3 Å². The lowest BCUT2D eigenvalue weighted by atomic mass is 9.84. The van der Waals surface area contributed by atoms with Crippen molar-refractivity contribution < 1.29 is 9.53 Å². The molecule has 1 amide bonds. The number of carbonyl (C=O) groups is 1. The summed E-state index contributed by atoms with van der Waals surface area (Å²) in [6.45, 7) is 10.2. The van der Waals surface area contributed by atoms with Gasteiger partial charge in [0.2, 0.25) is 0 Å². The highest BCUT2D eigenvalue weighted by atomic mass is 16.5. The number of piperidine rings is 1. The molecule has 1 fully saturated rings. The summed E-state index contributed by atoms with van der Waals surface area (Å²) in [5.41, 5.74) is 1.29. The maximum atomic E-state index is 12.7. The minimum Gasteiger partial charge on any atom is -0.480 e. The van der Waals surface area contributed by atoms with Crippen molar-refractivity contribution in [2.24, 2.45) is 5.41 Å². The van der Waals surface area contributed by atoms with Crippen LogP contribution in [0.5, 0.6) is 5.75 Å². The first-order chi connectivity index (χ1) is 9.93. The van der Waals surface area contributed by atoms with Gasteiger partial charge < -0.3 is 9.64 Å². The van der Waals surface area contributed by atoms with E-state index in [1.807, 2.05) is 43.0 Å². The lowest BCUT2D eigenvalue weighted by molar-refractivity contribution is -0.142. The highest BCUT2D eigenvalue weighted by molar-refractivity contribution is 5.81. The molecule has 2 rings (SSSR count). The van der Waals surface area contributed by atoms with Crippen LogP contribution in [0.25, 0.3) is 0 Å². The van der Waals surface area contributed by atoms with E-state index in [9.17, 15) is 4.79 Å². The van der Waals surface area contributed by atoms with Crippen molar-refractivity contribution in [1.82, 2.24) is 4.90 Å². The smallest absolute Gasteiger partial charge is 0.263 e. The number of para-hydroxylation sites is 1. The highest BCUT2D eigenvalue weighted by Gasteiger charge is 2.32. The largest absolute Gasteiger partial charge is 0.480 e. The average molecular weight is 289 g/mol. The topological polar surface area (TPSA) is 29.5 Å². The molecule has 0 aromatic heterocycles. The number of carbonyl (C=O) groups excluding carboxylic acids is 1. The molecule has 0 N–H and O–H groups in total. The van der Waals surface area contributed by atoms with Crippen LogP contribution in [0, 0.1) is 12.3 Å². The summed E-state index contributed by atoms with van der Waals surface area (Å²) in [5.74, 6) is 0.947. The van der Waals surface area contributed by atoms with E-state index in [0.717, 1.165) is 30.8 Å². The van der Waals surface area contributed by atoms with Gasteiger partial charge in [0.15, 0.2) is 6.10 Å². The molecule has 1 aliphatic heterocycles. The van der Waals surface area contributed by atoms with Gasteiger partial charge in [-0.15, -0.1) is 0 Å². The summed E-state index contributed by atoms with van der Waals surface area (Å²) in [7, 11) is 0. The molecule has 21 heavy (non-hydrogen) atoms. The van der Waals surface area contributed by atoms with Crippen molar-refractivity contribution in [3.63, 3.8) is 0 Å². The van der Waals surface area contributed by atoms with E-state index in [0.29, 0.717) is 6.42 Å². The van der Waals surface area contributed by atoms with Gasteiger partial charge in [-0.3, -0.25) is 4.79 Å². The van der Waals surface area contributed by atoms with Crippen molar-refractivity contribution in [3.8, 4) is 5.75 Å². The van der Waals surface area contributed by atoms with Crippen LogP contribution < -0.4 is 4.74 Å². The van der Waals surface area contributed by atoms with Crippen LogP contribution in [0.2, 0.25) is 0 Å². The Morgan fingerprint density at radius 3 is 2.71 bits per heavy atom. The quantitative estimate of drug-likeness (QED) is 0.843. The van der Waals surface area contributed by atoms with E-state index in [1.54, 1.807) is 0 Å². The van der Waals surface area contributed by atoms with Crippen LogP contribution in [0.3, 0.4) is 0 Å². The summed E-state index contributed by atoms with van der Waals surface area (Å²) in [6.07, 6.45) is 2.59. The zero-order valence-electron chi connectivity index (χ0n) is 13.7. The molecule has 3 nitrogen and oxygen atoms in total.